The highest BCUT2D eigenvalue weighted by molar-refractivity contribution is 6.39. The largest absolute Gasteiger partial charge is 0.322 e. The van der Waals surface area contributed by atoms with Crippen molar-refractivity contribution >= 4 is 52.1 Å². The molecule has 2 aromatic carbocycles. The van der Waals surface area contributed by atoms with E-state index in [0.717, 1.165) is 0 Å². The van der Waals surface area contributed by atoms with Crippen LogP contribution in [-0.2, 0) is 9.59 Å². The quantitative estimate of drug-likeness (QED) is 0.476. The Hall–Kier alpha value is -2.68. The number of carbonyl (C=O) groups is 2. The van der Waals surface area contributed by atoms with Crippen molar-refractivity contribution in [2.24, 2.45) is 0 Å². The number of amides is 2. The van der Waals surface area contributed by atoms with Crippen LogP contribution in [0.1, 0.15) is 12.5 Å². The van der Waals surface area contributed by atoms with Crippen LogP contribution in [0.2, 0.25) is 10.0 Å². The molecule has 29 heavy (non-hydrogen) atoms. The average molecular weight is 439 g/mol. The number of likely N-dealkylation sites (N-methyl/N-ethyl adjacent to an activating group) is 1. The molecule has 0 radical (unpaired) electrons. The maximum absolute atomic E-state index is 12.3. The van der Waals surface area contributed by atoms with Gasteiger partial charge in [0.1, 0.15) is 5.69 Å². The molecule has 0 saturated heterocycles. The van der Waals surface area contributed by atoms with Gasteiger partial charge in [0.25, 0.3) is 5.69 Å². The van der Waals surface area contributed by atoms with Gasteiger partial charge in [0.2, 0.25) is 11.8 Å². The Balaban J connectivity index is 2.00. The molecule has 0 aromatic heterocycles. The molecule has 0 aliphatic carbocycles. The number of benzene rings is 2. The topological polar surface area (TPSA) is 105 Å². The molecule has 154 valence electrons. The minimum Gasteiger partial charge on any atom is -0.322 e. The first-order valence-corrected chi connectivity index (χ1v) is 9.48. The lowest BCUT2D eigenvalue weighted by atomic mass is 10.2. The molecule has 0 aliphatic rings. The summed E-state index contributed by atoms with van der Waals surface area (Å²) in [5, 5.41) is 16.9. The van der Waals surface area contributed by atoms with Gasteiger partial charge in [-0.15, -0.1) is 0 Å². The van der Waals surface area contributed by atoms with Gasteiger partial charge in [-0.3, -0.25) is 24.6 Å². The summed E-state index contributed by atoms with van der Waals surface area (Å²) in [4.78, 5) is 36.9. The van der Waals surface area contributed by atoms with Crippen LogP contribution in [0.3, 0.4) is 0 Å². The highest BCUT2D eigenvalue weighted by atomic mass is 35.5. The van der Waals surface area contributed by atoms with Gasteiger partial charge < -0.3 is 10.6 Å². The summed E-state index contributed by atoms with van der Waals surface area (Å²) < 4.78 is 0. The summed E-state index contributed by atoms with van der Waals surface area (Å²) >= 11 is 12.1. The number of rotatable bonds is 8. The highest BCUT2D eigenvalue weighted by Crippen LogP contribution is 2.29. The summed E-state index contributed by atoms with van der Waals surface area (Å²) in [7, 11) is 0. The van der Waals surface area contributed by atoms with Crippen LogP contribution in [0.15, 0.2) is 36.4 Å². The zero-order valence-electron chi connectivity index (χ0n) is 15.9. The van der Waals surface area contributed by atoms with Gasteiger partial charge in [0.15, 0.2) is 0 Å². The normalized spacial score (nSPS) is 10.7. The summed E-state index contributed by atoms with van der Waals surface area (Å²) in [5.74, 6) is -0.863. The molecule has 10 heteroatoms. The van der Waals surface area contributed by atoms with E-state index >= 15 is 0 Å². The third kappa shape index (κ3) is 6.42. The fourth-order valence-electron chi connectivity index (χ4n) is 2.57. The second kappa shape index (κ2) is 10.2. The zero-order chi connectivity index (χ0) is 21.6. The van der Waals surface area contributed by atoms with Crippen molar-refractivity contribution in [1.82, 2.24) is 4.90 Å². The van der Waals surface area contributed by atoms with Gasteiger partial charge in [-0.2, -0.15) is 0 Å². The summed E-state index contributed by atoms with van der Waals surface area (Å²) in [5.41, 5.74) is 0.929. The van der Waals surface area contributed by atoms with Crippen LogP contribution in [0, 0.1) is 17.0 Å². The van der Waals surface area contributed by atoms with Crippen LogP contribution in [0.4, 0.5) is 17.1 Å². The summed E-state index contributed by atoms with van der Waals surface area (Å²) in [6.07, 6.45) is 0. The molecule has 2 aromatic rings. The van der Waals surface area contributed by atoms with Crippen LogP contribution < -0.4 is 10.6 Å². The predicted molar refractivity (Wildman–Crippen MR) is 114 cm³/mol. The second-order valence-electron chi connectivity index (χ2n) is 6.27. The van der Waals surface area contributed by atoms with Gasteiger partial charge in [-0.05, 0) is 37.2 Å². The van der Waals surface area contributed by atoms with Gasteiger partial charge in [0.05, 0.1) is 33.7 Å². The minimum absolute atomic E-state index is 0.0819. The third-order valence-corrected chi connectivity index (χ3v) is 4.66. The number of aryl methyl sites for hydroxylation is 1. The van der Waals surface area contributed by atoms with E-state index in [1.54, 1.807) is 43.0 Å². The fraction of sp³-hybridized carbons (Fsp3) is 0.263. The molecular formula is C19H20Cl2N4O4. The molecule has 0 saturated carbocycles. The first-order chi connectivity index (χ1) is 13.7. The molecule has 2 N–H and O–H groups in total. The Morgan fingerprint density at radius 3 is 2.21 bits per heavy atom. The van der Waals surface area contributed by atoms with E-state index in [1.807, 2.05) is 0 Å². The van der Waals surface area contributed by atoms with Crippen molar-refractivity contribution in [2.45, 2.75) is 13.8 Å². The lowest BCUT2D eigenvalue weighted by Gasteiger charge is -2.20. The predicted octanol–water partition coefficient (Wildman–Crippen LogP) is 4.11. The van der Waals surface area contributed by atoms with Crippen molar-refractivity contribution < 1.29 is 14.5 Å². The summed E-state index contributed by atoms with van der Waals surface area (Å²) in [6.45, 7) is 3.72. The monoisotopic (exact) mass is 438 g/mol. The van der Waals surface area contributed by atoms with Gasteiger partial charge >= 0.3 is 0 Å². The molecule has 0 spiro atoms. The van der Waals surface area contributed by atoms with E-state index < -0.39 is 16.7 Å². The molecule has 2 rings (SSSR count). The lowest BCUT2D eigenvalue weighted by Crippen LogP contribution is -2.38. The standard InChI is InChI=1S/C19H20Cl2N4O4/c1-3-24(11-18(27)23-19-13(20)5-4-6-14(19)21)10-17(26)22-15-8-7-12(2)9-16(15)25(28)29/h4-9H,3,10-11H2,1-2H3,(H,22,26)(H,23,27). The number of hydrogen-bond acceptors (Lipinski definition) is 5. The number of nitro benzene ring substituents is 1. The number of nitro groups is 1. The number of nitrogens with zero attached hydrogens (tertiary/aromatic N) is 2. The molecular weight excluding hydrogens is 419 g/mol. The van der Waals surface area contributed by atoms with E-state index in [4.69, 9.17) is 23.2 Å². The Labute approximate surface area is 177 Å². The van der Waals surface area contributed by atoms with Gasteiger partial charge in [0, 0.05) is 6.07 Å². The molecule has 0 unspecified atom stereocenters. The van der Waals surface area contributed by atoms with E-state index in [0.29, 0.717) is 27.8 Å². The van der Waals surface area contributed by atoms with Crippen molar-refractivity contribution in [2.75, 3.05) is 30.3 Å². The molecule has 0 fully saturated rings. The average Bonchev–Trinajstić information content (AvgIpc) is 2.65. The second-order valence-corrected chi connectivity index (χ2v) is 7.09. The number of anilines is 2. The Kier molecular flexibility index (Phi) is 7.95. The highest BCUT2D eigenvalue weighted by Gasteiger charge is 2.19. The number of hydrogen-bond donors (Lipinski definition) is 2. The van der Waals surface area contributed by atoms with Crippen LogP contribution in [-0.4, -0.2) is 41.3 Å². The number of halogens is 2. The molecule has 8 nitrogen and oxygen atoms in total. The van der Waals surface area contributed by atoms with Gasteiger partial charge in [-0.1, -0.05) is 42.3 Å². The van der Waals surface area contributed by atoms with E-state index in [2.05, 4.69) is 10.6 Å². The Morgan fingerprint density at radius 2 is 1.66 bits per heavy atom. The number of para-hydroxylation sites is 1. The summed E-state index contributed by atoms with van der Waals surface area (Å²) in [6, 6.07) is 9.39. The molecule has 0 aliphatic heterocycles. The van der Waals surface area contributed by atoms with Crippen molar-refractivity contribution in [3.8, 4) is 0 Å². The van der Waals surface area contributed by atoms with Crippen molar-refractivity contribution in [1.29, 1.82) is 0 Å². The van der Waals surface area contributed by atoms with E-state index in [-0.39, 0.29) is 24.5 Å². The molecule has 2 amide bonds. The Morgan fingerprint density at radius 1 is 1.07 bits per heavy atom. The van der Waals surface area contributed by atoms with Gasteiger partial charge in [-0.25, -0.2) is 0 Å². The third-order valence-electron chi connectivity index (χ3n) is 4.03. The Bertz CT molecular complexity index is 916. The first-order valence-electron chi connectivity index (χ1n) is 8.72. The smallest absolute Gasteiger partial charge is 0.293 e. The maximum Gasteiger partial charge on any atom is 0.293 e. The zero-order valence-corrected chi connectivity index (χ0v) is 17.4. The molecule has 0 atom stereocenters. The van der Waals surface area contributed by atoms with Crippen molar-refractivity contribution in [3.63, 3.8) is 0 Å². The van der Waals surface area contributed by atoms with Crippen LogP contribution in [0.5, 0.6) is 0 Å². The molecule has 0 heterocycles. The number of carbonyl (C=O) groups excluding carboxylic acids is 2. The fourth-order valence-corrected chi connectivity index (χ4v) is 3.06. The lowest BCUT2D eigenvalue weighted by molar-refractivity contribution is -0.384. The van der Waals surface area contributed by atoms with Crippen LogP contribution >= 0.6 is 23.2 Å². The first kappa shape index (κ1) is 22.6. The van der Waals surface area contributed by atoms with Crippen LogP contribution in [0.25, 0.3) is 0 Å². The number of nitrogens with one attached hydrogen (secondary N) is 2. The van der Waals surface area contributed by atoms with E-state index in [1.165, 1.54) is 12.1 Å². The SMILES string of the molecule is CCN(CC(=O)Nc1ccc(C)cc1[N+](=O)[O-])CC(=O)Nc1c(Cl)cccc1Cl. The van der Waals surface area contributed by atoms with Crippen molar-refractivity contribution in [3.05, 3.63) is 62.1 Å². The maximum atomic E-state index is 12.3. The minimum atomic E-state index is -0.555. The molecule has 0 bridgehead atoms. The van der Waals surface area contributed by atoms with E-state index in [9.17, 15) is 19.7 Å².